The maximum Gasteiger partial charge on any atom is 0.165 e. The van der Waals surface area contributed by atoms with Crippen LogP contribution in [0.25, 0.3) is 0 Å². The second-order valence-electron chi connectivity index (χ2n) is 7.97. The largest absolute Gasteiger partial charge is 0.412 e. The highest BCUT2D eigenvalue weighted by molar-refractivity contribution is 5.70. The summed E-state index contributed by atoms with van der Waals surface area (Å²) in [5, 5.41) is 10.5. The number of benzene rings is 2. The molecule has 0 atom stereocenters. The number of rotatable bonds is 3. The van der Waals surface area contributed by atoms with E-state index in [2.05, 4.69) is 112 Å². The minimum atomic E-state index is 0. The molecule has 4 N–H and O–H groups in total. The van der Waals surface area contributed by atoms with Gasteiger partial charge in [-0.3, -0.25) is 5.32 Å². The molecule has 0 unspecified atom stereocenters. The molecule has 1 heterocycles. The van der Waals surface area contributed by atoms with Crippen LogP contribution in [0, 0.1) is 53.9 Å². The molecule has 0 bridgehead atoms. The molecule has 1 aliphatic heterocycles. The van der Waals surface area contributed by atoms with Crippen molar-refractivity contribution in [1.29, 1.82) is 0 Å². The van der Waals surface area contributed by atoms with Crippen molar-refractivity contribution in [3.05, 3.63) is 82.7 Å². The van der Waals surface area contributed by atoms with Crippen LogP contribution in [0.15, 0.2) is 49.3 Å². The van der Waals surface area contributed by atoms with Gasteiger partial charge >= 0.3 is 0 Å². The maximum atomic E-state index is 7.00. The summed E-state index contributed by atoms with van der Waals surface area (Å²) >= 11 is 0. The fraction of sp³-hybridized carbons (Fsp3) is 0.455. The van der Waals surface area contributed by atoms with Gasteiger partial charge < -0.3 is 20.4 Å². The highest BCUT2D eigenvalue weighted by Crippen LogP contribution is 2.36. The first kappa shape index (κ1) is 42.1. The average molecular weight is 528 g/mol. The molecule has 1 aliphatic rings. The lowest BCUT2D eigenvalue weighted by Crippen LogP contribution is -2.49. The predicted molar refractivity (Wildman–Crippen MR) is 173 cm³/mol. The summed E-state index contributed by atoms with van der Waals surface area (Å²) in [6, 6.07) is 9.03. The third kappa shape index (κ3) is 12.5. The number of nitrogens with one attached hydrogen (secondary N) is 1. The van der Waals surface area contributed by atoms with Gasteiger partial charge in [0.1, 0.15) is 0 Å². The van der Waals surface area contributed by atoms with Gasteiger partial charge in [0.15, 0.2) is 6.29 Å². The SMILES string of the molecule is C#CC.C=CC.CC.CC.CNC1N(c2c(C)cc(C)cc2C)C=CN1c1c(C)cc(C)cc1C.CO.O. The topological polar surface area (TPSA) is 70.2 Å². The van der Waals surface area contributed by atoms with E-state index < -0.39 is 0 Å². The Labute approximate surface area is 235 Å². The number of hydrogen-bond acceptors (Lipinski definition) is 4. The van der Waals surface area contributed by atoms with E-state index in [0.717, 1.165) is 7.11 Å². The summed E-state index contributed by atoms with van der Waals surface area (Å²) in [4.78, 5) is 4.67. The quantitative estimate of drug-likeness (QED) is 0.320. The third-order valence-corrected chi connectivity index (χ3v) is 4.96. The molecular weight excluding hydrogens is 470 g/mol. The zero-order valence-electron chi connectivity index (χ0n) is 26.7. The second-order valence-corrected chi connectivity index (χ2v) is 7.97. The first-order chi connectivity index (χ1) is 17.7. The van der Waals surface area contributed by atoms with Crippen LogP contribution >= 0.6 is 0 Å². The molecule has 0 aromatic heterocycles. The van der Waals surface area contributed by atoms with Crippen LogP contribution in [0.2, 0.25) is 0 Å². The minimum absolute atomic E-state index is 0. The summed E-state index contributed by atoms with van der Waals surface area (Å²) in [5.41, 5.74) is 10.4. The van der Waals surface area contributed by atoms with E-state index in [4.69, 9.17) is 5.11 Å². The van der Waals surface area contributed by atoms with Crippen LogP contribution in [0.4, 0.5) is 11.4 Å². The zero-order chi connectivity index (χ0) is 29.7. The summed E-state index contributed by atoms with van der Waals surface area (Å²) in [5.74, 6) is 2.25. The molecule has 2 aromatic carbocycles. The summed E-state index contributed by atoms with van der Waals surface area (Å²) < 4.78 is 0. The van der Waals surface area contributed by atoms with Crippen LogP contribution in [0.3, 0.4) is 0 Å². The number of aliphatic hydroxyl groups is 1. The van der Waals surface area contributed by atoms with Crippen molar-refractivity contribution in [2.24, 2.45) is 0 Å². The smallest absolute Gasteiger partial charge is 0.165 e. The van der Waals surface area contributed by atoms with Gasteiger partial charge in [0.25, 0.3) is 0 Å². The number of allylic oxidation sites excluding steroid dienone is 1. The normalized spacial score (nSPS) is 10.7. The third-order valence-electron chi connectivity index (χ3n) is 4.96. The lowest BCUT2D eigenvalue weighted by atomic mass is 10.0. The van der Waals surface area contributed by atoms with E-state index in [1.54, 1.807) is 13.0 Å². The van der Waals surface area contributed by atoms with E-state index in [9.17, 15) is 0 Å². The van der Waals surface area contributed by atoms with Gasteiger partial charge in [0.2, 0.25) is 0 Å². The van der Waals surface area contributed by atoms with E-state index in [1.165, 1.54) is 44.8 Å². The molecule has 5 heteroatoms. The van der Waals surface area contributed by atoms with Crippen molar-refractivity contribution in [1.82, 2.24) is 5.32 Å². The van der Waals surface area contributed by atoms with E-state index in [1.807, 2.05) is 41.7 Å². The van der Waals surface area contributed by atoms with Crippen LogP contribution in [-0.2, 0) is 0 Å². The Morgan fingerprint density at radius 3 is 1.18 bits per heavy atom. The van der Waals surface area contributed by atoms with E-state index >= 15 is 0 Å². The molecule has 0 spiro atoms. The Bertz CT molecular complexity index is 861. The lowest BCUT2D eigenvalue weighted by molar-refractivity contribution is 0.399. The van der Waals surface area contributed by atoms with Gasteiger partial charge in [0.05, 0.1) is 0 Å². The molecule has 0 amide bonds. The Morgan fingerprint density at radius 1 is 0.789 bits per heavy atom. The number of aryl methyl sites for hydroxylation is 6. The number of aliphatic hydroxyl groups excluding tert-OH is 1. The Hall–Kier alpha value is -3.04. The van der Waals surface area contributed by atoms with Gasteiger partial charge in [-0.2, -0.15) is 0 Å². The van der Waals surface area contributed by atoms with Gasteiger partial charge in [-0.25, -0.2) is 0 Å². The highest BCUT2D eigenvalue weighted by atomic mass is 16.2. The zero-order valence-corrected chi connectivity index (χ0v) is 26.7. The van der Waals surface area contributed by atoms with Crippen molar-refractivity contribution >= 4 is 11.4 Å². The summed E-state index contributed by atoms with van der Waals surface area (Å²) in [7, 11) is 3.02. The van der Waals surface area contributed by atoms with Gasteiger partial charge in [-0.15, -0.1) is 18.9 Å². The molecule has 216 valence electrons. The van der Waals surface area contributed by atoms with Gasteiger partial charge in [-0.05, 0) is 84.7 Å². The number of nitrogens with zero attached hydrogens (tertiary/aromatic N) is 2. The second kappa shape index (κ2) is 24.3. The Kier molecular flexibility index (Phi) is 26.9. The first-order valence-electron chi connectivity index (χ1n) is 13.1. The van der Waals surface area contributed by atoms with Gasteiger partial charge in [-0.1, -0.05) is 69.2 Å². The molecule has 0 saturated heterocycles. The summed E-state index contributed by atoms with van der Waals surface area (Å²) in [6.45, 7) is 28.0. The molecule has 38 heavy (non-hydrogen) atoms. The molecule has 5 nitrogen and oxygen atoms in total. The van der Waals surface area contributed by atoms with Crippen molar-refractivity contribution in [2.45, 2.75) is 89.4 Å². The van der Waals surface area contributed by atoms with Crippen LogP contribution in [-0.4, -0.2) is 31.0 Å². The van der Waals surface area contributed by atoms with Crippen LogP contribution in [0.1, 0.15) is 74.9 Å². The molecule has 0 aliphatic carbocycles. The van der Waals surface area contributed by atoms with E-state index in [-0.39, 0.29) is 11.8 Å². The molecule has 0 radical (unpaired) electrons. The fourth-order valence-electron chi connectivity index (χ4n) is 4.27. The highest BCUT2D eigenvalue weighted by Gasteiger charge is 2.30. The standard InChI is InChI=1S/C22H29N3.C3H6.C3H4.2C2H6.CH4O.H2O/c1-14-10-16(3)20(17(4)11-14)24-8-9-25(22(24)23-7)21-18(5)12-15(2)13-19(21)6;2*1-3-2;3*1-2;/h8-13,22-23H,1-7H3;3H,1H2,2H3;1H,2H3;2*1-2H3;2H,1H3;1H2. The number of terminal acetylenes is 1. The molecular formula is C33H57N3O2. The number of anilines is 2. The van der Waals surface area contributed by atoms with Crippen LogP contribution < -0.4 is 15.1 Å². The predicted octanol–water partition coefficient (Wildman–Crippen LogP) is 7.51. The number of hydrogen-bond donors (Lipinski definition) is 2. The molecule has 3 rings (SSSR count). The molecule has 2 aromatic rings. The first-order valence-corrected chi connectivity index (χ1v) is 13.1. The minimum Gasteiger partial charge on any atom is -0.412 e. The Morgan fingerprint density at radius 2 is 1.00 bits per heavy atom. The maximum absolute atomic E-state index is 7.00. The van der Waals surface area contributed by atoms with Crippen molar-refractivity contribution < 1.29 is 10.6 Å². The van der Waals surface area contributed by atoms with Crippen molar-refractivity contribution in [2.75, 3.05) is 24.0 Å². The molecule has 0 fully saturated rings. The fourth-order valence-corrected chi connectivity index (χ4v) is 4.27. The lowest BCUT2D eigenvalue weighted by Gasteiger charge is -2.35. The average Bonchev–Trinajstić information content (AvgIpc) is 3.25. The Balaban J connectivity index is -0.000000387. The summed E-state index contributed by atoms with van der Waals surface area (Å²) in [6.07, 6.45) is 10.8. The monoisotopic (exact) mass is 527 g/mol. The molecule has 0 saturated carbocycles. The van der Waals surface area contributed by atoms with Crippen LogP contribution in [0.5, 0.6) is 0 Å². The van der Waals surface area contributed by atoms with E-state index in [0.29, 0.717) is 0 Å². The van der Waals surface area contributed by atoms with Gasteiger partial charge in [0, 0.05) is 30.9 Å². The van der Waals surface area contributed by atoms with Crippen molar-refractivity contribution in [3.63, 3.8) is 0 Å². The van der Waals surface area contributed by atoms with Crippen molar-refractivity contribution in [3.8, 4) is 12.3 Å².